The van der Waals surface area contributed by atoms with Crippen molar-refractivity contribution in [2.24, 2.45) is 0 Å². The number of ketones is 1. The Morgan fingerprint density at radius 2 is 1.81 bits per heavy atom. The van der Waals surface area contributed by atoms with Gasteiger partial charge in [0.1, 0.15) is 11.6 Å². The highest BCUT2D eigenvalue weighted by Gasteiger charge is 2.21. The Labute approximate surface area is 132 Å². The maximum absolute atomic E-state index is 13.7. The molecule has 0 N–H and O–H groups in total. The van der Waals surface area contributed by atoms with E-state index in [1.54, 1.807) is 19.1 Å². The minimum Gasteiger partial charge on any atom is -0.496 e. The average Bonchev–Trinajstić information content (AvgIpc) is 2.44. The monoisotopic (exact) mass is 350 g/mol. The van der Waals surface area contributed by atoms with Gasteiger partial charge in [-0.3, -0.25) is 4.79 Å². The van der Waals surface area contributed by atoms with E-state index in [9.17, 15) is 9.18 Å². The fourth-order valence-corrected chi connectivity index (χ4v) is 2.81. The average molecular weight is 351 g/mol. The van der Waals surface area contributed by atoms with Gasteiger partial charge >= 0.3 is 0 Å². The number of methoxy groups -OCH3 is 1. The number of aryl methyl sites for hydroxylation is 2. The Balaban J connectivity index is 2.65. The van der Waals surface area contributed by atoms with Crippen LogP contribution in [0.25, 0.3) is 0 Å². The number of rotatable bonds is 3. The van der Waals surface area contributed by atoms with E-state index in [-0.39, 0.29) is 11.6 Å². The van der Waals surface area contributed by atoms with E-state index in [2.05, 4.69) is 15.9 Å². The Morgan fingerprint density at radius 3 is 2.38 bits per heavy atom. The van der Waals surface area contributed by atoms with E-state index in [0.29, 0.717) is 22.4 Å². The van der Waals surface area contributed by atoms with Gasteiger partial charge in [-0.15, -0.1) is 0 Å². The molecule has 0 aliphatic carbocycles. The molecule has 0 bridgehead atoms. The Kier molecular flexibility index (Phi) is 4.47. The topological polar surface area (TPSA) is 26.3 Å². The van der Waals surface area contributed by atoms with Crippen molar-refractivity contribution in [2.45, 2.75) is 20.8 Å². The zero-order chi connectivity index (χ0) is 15.7. The zero-order valence-corrected chi connectivity index (χ0v) is 14.0. The summed E-state index contributed by atoms with van der Waals surface area (Å²) >= 11 is 3.45. The van der Waals surface area contributed by atoms with E-state index in [4.69, 9.17) is 4.74 Å². The summed E-state index contributed by atoms with van der Waals surface area (Å²) in [5.41, 5.74) is 2.93. The number of carbonyl (C=O) groups excluding carboxylic acids is 1. The first kappa shape index (κ1) is 15.7. The molecule has 2 aromatic rings. The minimum atomic E-state index is -0.385. The van der Waals surface area contributed by atoms with Gasteiger partial charge in [-0.05, 0) is 49.6 Å². The molecule has 0 radical (unpaired) electrons. The summed E-state index contributed by atoms with van der Waals surface area (Å²) in [4.78, 5) is 12.7. The molecule has 0 heterocycles. The summed E-state index contributed by atoms with van der Waals surface area (Å²) in [6.45, 7) is 5.37. The molecule has 0 spiro atoms. The van der Waals surface area contributed by atoms with Crippen molar-refractivity contribution in [1.29, 1.82) is 0 Å². The molecule has 2 aromatic carbocycles. The number of halogens is 2. The lowest BCUT2D eigenvalue weighted by atomic mass is 9.95. The number of hydrogen-bond acceptors (Lipinski definition) is 2. The molecule has 110 valence electrons. The molecule has 0 aromatic heterocycles. The van der Waals surface area contributed by atoms with Crippen molar-refractivity contribution in [3.8, 4) is 5.75 Å². The van der Waals surface area contributed by atoms with E-state index < -0.39 is 0 Å². The van der Waals surface area contributed by atoms with Crippen molar-refractivity contribution in [2.75, 3.05) is 7.11 Å². The van der Waals surface area contributed by atoms with Crippen LogP contribution in [0, 0.1) is 26.6 Å². The highest BCUT2D eigenvalue weighted by Crippen LogP contribution is 2.34. The number of hydrogen-bond donors (Lipinski definition) is 0. The summed E-state index contributed by atoms with van der Waals surface area (Å²) in [6.07, 6.45) is 0. The molecule has 0 amide bonds. The fraction of sp³-hybridized carbons (Fsp3) is 0.235. The number of ether oxygens (including phenoxy) is 1. The van der Waals surface area contributed by atoms with Crippen LogP contribution in [-0.2, 0) is 0 Å². The van der Waals surface area contributed by atoms with E-state index in [1.807, 2.05) is 19.9 Å². The first-order chi connectivity index (χ1) is 9.86. The van der Waals surface area contributed by atoms with Crippen LogP contribution in [0.4, 0.5) is 4.39 Å². The third-order valence-electron chi connectivity index (χ3n) is 3.53. The second kappa shape index (κ2) is 5.98. The smallest absolute Gasteiger partial charge is 0.197 e. The Morgan fingerprint density at radius 1 is 1.14 bits per heavy atom. The van der Waals surface area contributed by atoms with Crippen molar-refractivity contribution in [3.63, 3.8) is 0 Å². The summed E-state index contributed by atoms with van der Waals surface area (Å²) in [5.74, 6) is -0.0986. The lowest BCUT2D eigenvalue weighted by Crippen LogP contribution is -2.09. The first-order valence-corrected chi connectivity index (χ1v) is 7.30. The van der Waals surface area contributed by atoms with Gasteiger partial charge in [0.15, 0.2) is 5.78 Å². The first-order valence-electron chi connectivity index (χ1n) is 6.51. The van der Waals surface area contributed by atoms with Crippen LogP contribution in [0.1, 0.15) is 32.6 Å². The van der Waals surface area contributed by atoms with Gasteiger partial charge in [-0.25, -0.2) is 4.39 Å². The van der Waals surface area contributed by atoms with E-state index in [1.165, 1.54) is 13.2 Å². The molecule has 2 nitrogen and oxygen atoms in total. The van der Waals surface area contributed by atoms with Gasteiger partial charge < -0.3 is 4.74 Å². The summed E-state index contributed by atoms with van der Waals surface area (Å²) in [5, 5.41) is 0. The lowest BCUT2D eigenvalue weighted by molar-refractivity contribution is 0.103. The molecule has 0 saturated carbocycles. The van der Waals surface area contributed by atoms with Gasteiger partial charge in [0, 0.05) is 10.0 Å². The minimum absolute atomic E-state index is 0.243. The van der Waals surface area contributed by atoms with Crippen LogP contribution in [0.5, 0.6) is 5.75 Å². The normalized spacial score (nSPS) is 10.6. The van der Waals surface area contributed by atoms with E-state index >= 15 is 0 Å². The van der Waals surface area contributed by atoms with Gasteiger partial charge in [-0.2, -0.15) is 0 Å². The van der Waals surface area contributed by atoms with Crippen LogP contribution in [-0.4, -0.2) is 12.9 Å². The predicted octanol–water partition coefficient (Wildman–Crippen LogP) is 4.75. The highest BCUT2D eigenvalue weighted by atomic mass is 79.9. The molecule has 0 unspecified atom stereocenters. The largest absolute Gasteiger partial charge is 0.496 e. The molecular formula is C17H16BrFO2. The quantitative estimate of drug-likeness (QED) is 0.746. The van der Waals surface area contributed by atoms with Crippen molar-refractivity contribution < 1.29 is 13.9 Å². The maximum atomic E-state index is 13.7. The molecule has 0 aliphatic rings. The van der Waals surface area contributed by atoms with Gasteiger partial charge in [0.2, 0.25) is 0 Å². The van der Waals surface area contributed by atoms with Crippen LogP contribution in [0.15, 0.2) is 28.7 Å². The van der Waals surface area contributed by atoms with Gasteiger partial charge in [0.05, 0.1) is 12.7 Å². The van der Waals surface area contributed by atoms with Crippen LogP contribution in [0.2, 0.25) is 0 Å². The van der Waals surface area contributed by atoms with Crippen molar-refractivity contribution >= 4 is 21.7 Å². The number of carbonyl (C=O) groups is 1. The summed E-state index contributed by atoms with van der Waals surface area (Å²) in [6, 6.07) is 6.42. The van der Waals surface area contributed by atoms with Gasteiger partial charge in [0.25, 0.3) is 0 Å². The summed E-state index contributed by atoms with van der Waals surface area (Å²) < 4.78 is 19.9. The van der Waals surface area contributed by atoms with Crippen molar-refractivity contribution in [3.05, 3.63) is 62.4 Å². The second-order valence-corrected chi connectivity index (χ2v) is 5.86. The predicted molar refractivity (Wildman–Crippen MR) is 84.7 cm³/mol. The van der Waals surface area contributed by atoms with Gasteiger partial charge in [-0.1, -0.05) is 28.1 Å². The molecule has 21 heavy (non-hydrogen) atoms. The molecule has 0 aliphatic heterocycles. The third-order valence-corrected chi connectivity index (χ3v) is 4.35. The van der Waals surface area contributed by atoms with Crippen LogP contribution >= 0.6 is 15.9 Å². The Bertz CT molecular complexity index is 723. The number of benzene rings is 2. The molecule has 0 fully saturated rings. The third kappa shape index (κ3) is 2.86. The molecule has 0 atom stereocenters. The summed E-state index contributed by atoms with van der Waals surface area (Å²) in [7, 11) is 1.53. The van der Waals surface area contributed by atoms with Crippen LogP contribution in [0.3, 0.4) is 0 Å². The van der Waals surface area contributed by atoms with Crippen LogP contribution < -0.4 is 4.74 Å². The highest BCUT2D eigenvalue weighted by molar-refractivity contribution is 9.10. The lowest BCUT2D eigenvalue weighted by Gasteiger charge is -2.15. The molecule has 4 heteroatoms. The molecule has 2 rings (SSSR count). The SMILES string of the molecule is COc1c(C)cc(Br)c(C)c1C(=O)c1ccc(C)c(F)c1. The fourth-order valence-electron chi connectivity index (χ4n) is 2.27. The van der Waals surface area contributed by atoms with Crippen molar-refractivity contribution in [1.82, 2.24) is 0 Å². The Hall–Kier alpha value is -1.68. The second-order valence-electron chi connectivity index (χ2n) is 5.00. The standard InChI is InChI=1S/C17H16BrFO2/c1-9-5-6-12(8-14(9)19)16(20)15-11(3)13(18)7-10(2)17(15)21-4/h5-8H,1-4H3. The molecular weight excluding hydrogens is 335 g/mol. The maximum Gasteiger partial charge on any atom is 0.197 e. The zero-order valence-electron chi connectivity index (χ0n) is 12.4. The van der Waals surface area contributed by atoms with E-state index in [0.717, 1.165) is 15.6 Å². The molecule has 0 saturated heterocycles.